The number of ether oxygens (including phenoxy) is 2. The first kappa shape index (κ1) is 21.3. The fourth-order valence-corrected chi connectivity index (χ4v) is 4.09. The zero-order valence-electron chi connectivity index (χ0n) is 17.0. The predicted molar refractivity (Wildman–Crippen MR) is 106 cm³/mol. The minimum atomic E-state index is -0.605. The number of carbonyl (C=O) groups excluding carboxylic acids is 3. The maximum atomic E-state index is 13.2. The average Bonchev–Trinajstić information content (AvgIpc) is 2.77. The van der Waals surface area contributed by atoms with E-state index in [2.05, 4.69) is 5.32 Å². The summed E-state index contributed by atoms with van der Waals surface area (Å²) in [7, 11) is 2.68. The van der Waals surface area contributed by atoms with Crippen LogP contribution in [0.25, 0.3) is 0 Å². The van der Waals surface area contributed by atoms with E-state index in [0.29, 0.717) is 32.2 Å². The minimum absolute atomic E-state index is 0.194. The average molecular weight is 403 g/mol. The number of carbonyl (C=O) groups is 3. The highest BCUT2D eigenvalue weighted by Gasteiger charge is 2.44. The van der Waals surface area contributed by atoms with Gasteiger partial charge in [-0.3, -0.25) is 19.9 Å². The van der Waals surface area contributed by atoms with Gasteiger partial charge in [0.2, 0.25) is 0 Å². The Hall–Kier alpha value is -2.45. The van der Waals surface area contributed by atoms with Gasteiger partial charge < -0.3 is 9.47 Å². The Morgan fingerprint density at radius 2 is 1.90 bits per heavy atom. The smallest absolute Gasteiger partial charge is 0.330 e. The molecule has 3 atom stereocenters. The summed E-state index contributed by atoms with van der Waals surface area (Å²) in [4.78, 5) is 37.7. The van der Waals surface area contributed by atoms with Crippen molar-refractivity contribution in [1.29, 1.82) is 0 Å². The summed E-state index contributed by atoms with van der Waals surface area (Å²) in [6.45, 7) is 1.38. The molecule has 2 fully saturated rings. The third-order valence-electron chi connectivity index (χ3n) is 5.62. The third-order valence-corrected chi connectivity index (χ3v) is 5.62. The van der Waals surface area contributed by atoms with Crippen LogP contribution in [0.5, 0.6) is 0 Å². The molecule has 3 rings (SSSR count). The SMILES string of the molecule is COC(=O)C(CCc1ccccc1)NC1CCN2CCCC(C(=O)OC)N2C1=O. The minimum Gasteiger partial charge on any atom is -0.468 e. The lowest BCUT2D eigenvalue weighted by atomic mass is 10.00. The van der Waals surface area contributed by atoms with Gasteiger partial charge in [0.15, 0.2) is 0 Å². The molecular weight excluding hydrogens is 374 g/mol. The number of benzene rings is 1. The molecule has 2 aliphatic heterocycles. The van der Waals surface area contributed by atoms with E-state index in [-0.39, 0.29) is 11.9 Å². The van der Waals surface area contributed by atoms with Crippen LogP contribution in [0.4, 0.5) is 0 Å². The number of nitrogens with zero attached hydrogens (tertiary/aromatic N) is 2. The molecule has 0 radical (unpaired) electrons. The van der Waals surface area contributed by atoms with Gasteiger partial charge in [0.1, 0.15) is 12.1 Å². The Labute approximate surface area is 171 Å². The summed E-state index contributed by atoms with van der Waals surface area (Å²) in [6, 6.07) is 8.13. The highest BCUT2D eigenvalue weighted by Crippen LogP contribution is 2.25. The molecule has 1 amide bonds. The number of hydrogen-bond acceptors (Lipinski definition) is 7. The number of hydrogen-bond donors (Lipinski definition) is 1. The van der Waals surface area contributed by atoms with Crippen molar-refractivity contribution in [3.63, 3.8) is 0 Å². The number of amides is 1. The largest absolute Gasteiger partial charge is 0.468 e. The first-order valence-electron chi connectivity index (χ1n) is 10.1. The molecule has 3 unspecified atom stereocenters. The molecule has 2 aliphatic rings. The van der Waals surface area contributed by atoms with Gasteiger partial charge >= 0.3 is 11.9 Å². The van der Waals surface area contributed by atoms with Crippen LogP contribution < -0.4 is 5.32 Å². The van der Waals surface area contributed by atoms with Gasteiger partial charge in [0, 0.05) is 13.1 Å². The van der Waals surface area contributed by atoms with Crippen LogP contribution in [0.3, 0.4) is 0 Å². The Balaban J connectivity index is 1.69. The summed E-state index contributed by atoms with van der Waals surface area (Å²) in [6.07, 6.45) is 3.20. The zero-order chi connectivity index (χ0) is 20.8. The Kier molecular flexibility index (Phi) is 7.22. The fourth-order valence-electron chi connectivity index (χ4n) is 4.09. The number of fused-ring (bicyclic) bond motifs is 1. The van der Waals surface area contributed by atoms with Crippen molar-refractivity contribution in [3.8, 4) is 0 Å². The highest BCUT2D eigenvalue weighted by atomic mass is 16.5. The Morgan fingerprint density at radius 3 is 2.59 bits per heavy atom. The van der Waals surface area contributed by atoms with Crippen LogP contribution in [0, 0.1) is 0 Å². The first-order valence-corrected chi connectivity index (χ1v) is 10.1. The molecule has 2 saturated heterocycles. The third kappa shape index (κ3) is 4.94. The van der Waals surface area contributed by atoms with Gasteiger partial charge in [-0.2, -0.15) is 0 Å². The van der Waals surface area contributed by atoms with Gasteiger partial charge in [-0.15, -0.1) is 0 Å². The lowest BCUT2D eigenvalue weighted by molar-refractivity contribution is -0.184. The summed E-state index contributed by atoms with van der Waals surface area (Å²) in [5.74, 6) is -0.989. The summed E-state index contributed by atoms with van der Waals surface area (Å²) < 4.78 is 9.84. The van der Waals surface area contributed by atoms with E-state index >= 15 is 0 Å². The number of aryl methyl sites for hydroxylation is 1. The van der Waals surface area contributed by atoms with Crippen molar-refractivity contribution < 1.29 is 23.9 Å². The number of rotatable bonds is 7. The summed E-state index contributed by atoms with van der Waals surface area (Å²) >= 11 is 0. The van der Waals surface area contributed by atoms with E-state index in [0.717, 1.165) is 18.5 Å². The van der Waals surface area contributed by atoms with Gasteiger partial charge in [-0.05, 0) is 37.7 Å². The van der Waals surface area contributed by atoms with Crippen molar-refractivity contribution in [2.75, 3.05) is 27.3 Å². The molecule has 0 bridgehead atoms. The van der Waals surface area contributed by atoms with E-state index in [9.17, 15) is 14.4 Å². The lowest BCUT2D eigenvalue weighted by Gasteiger charge is -2.48. The van der Waals surface area contributed by atoms with Crippen molar-refractivity contribution in [2.45, 2.75) is 50.2 Å². The number of methoxy groups -OCH3 is 2. The monoisotopic (exact) mass is 403 g/mol. The molecule has 0 spiro atoms. The summed E-state index contributed by atoms with van der Waals surface area (Å²) in [5.41, 5.74) is 1.12. The molecular formula is C21H29N3O5. The molecule has 8 nitrogen and oxygen atoms in total. The van der Waals surface area contributed by atoms with Gasteiger partial charge in [0.25, 0.3) is 5.91 Å². The second-order valence-electron chi connectivity index (χ2n) is 7.43. The van der Waals surface area contributed by atoms with Crippen LogP contribution in [0.15, 0.2) is 30.3 Å². The van der Waals surface area contributed by atoms with Crippen LogP contribution in [-0.4, -0.2) is 73.3 Å². The first-order chi connectivity index (χ1) is 14.0. The van der Waals surface area contributed by atoms with Crippen LogP contribution in [0.2, 0.25) is 0 Å². The molecule has 29 heavy (non-hydrogen) atoms. The van der Waals surface area contributed by atoms with E-state index in [1.807, 2.05) is 35.3 Å². The van der Waals surface area contributed by atoms with Gasteiger partial charge in [-0.25, -0.2) is 9.80 Å². The lowest BCUT2D eigenvalue weighted by Crippen LogP contribution is -2.67. The van der Waals surface area contributed by atoms with Crippen LogP contribution >= 0.6 is 0 Å². The molecule has 158 valence electrons. The fraction of sp³-hybridized carbons (Fsp3) is 0.571. The van der Waals surface area contributed by atoms with Gasteiger partial charge in [-0.1, -0.05) is 30.3 Å². The molecule has 0 saturated carbocycles. The van der Waals surface area contributed by atoms with E-state index in [1.165, 1.54) is 19.2 Å². The van der Waals surface area contributed by atoms with Crippen molar-refractivity contribution in [2.24, 2.45) is 0 Å². The van der Waals surface area contributed by atoms with Crippen molar-refractivity contribution in [3.05, 3.63) is 35.9 Å². The summed E-state index contributed by atoms with van der Waals surface area (Å²) in [5, 5.41) is 6.64. The maximum Gasteiger partial charge on any atom is 0.330 e. The van der Waals surface area contributed by atoms with Crippen LogP contribution in [0.1, 0.15) is 31.2 Å². The second kappa shape index (κ2) is 9.84. The molecule has 1 aromatic rings. The van der Waals surface area contributed by atoms with E-state index < -0.39 is 24.1 Å². The Bertz CT molecular complexity index is 726. The predicted octanol–water partition coefficient (Wildman–Crippen LogP) is 0.904. The topological polar surface area (TPSA) is 88.2 Å². The standard InChI is InChI=1S/C21H29N3O5/c1-28-20(26)17(11-10-15-7-4-3-5-8-15)22-16-12-14-23-13-6-9-18(21(27)29-2)24(23)19(16)25/h3-5,7-8,16-18,22H,6,9-14H2,1-2H3. The molecule has 0 aliphatic carbocycles. The highest BCUT2D eigenvalue weighted by molar-refractivity contribution is 5.88. The van der Waals surface area contributed by atoms with Gasteiger partial charge in [0.05, 0.1) is 20.3 Å². The molecule has 1 N–H and O–H groups in total. The molecule has 2 heterocycles. The number of esters is 2. The molecule has 0 aromatic heterocycles. The van der Waals surface area contributed by atoms with Crippen molar-refractivity contribution >= 4 is 17.8 Å². The maximum absolute atomic E-state index is 13.2. The quantitative estimate of drug-likeness (QED) is 0.677. The molecule has 1 aromatic carbocycles. The van der Waals surface area contributed by atoms with Crippen molar-refractivity contribution in [1.82, 2.24) is 15.3 Å². The van der Waals surface area contributed by atoms with E-state index in [1.54, 1.807) is 0 Å². The Morgan fingerprint density at radius 1 is 1.14 bits per heavy atom. The normalized spacial score (nSPS) is 23.2. The molecule has 8 heteroatoms. The second-order valence-corrected chi connectivity index (χ2v) is 7.43. The van der Waals surface area contributed by atoms with E-state index in [4.69, 9.17) is 9.47 Å². The number of nitrogens with one attached hydrogen (secondary N) is 1. The zero-order valence-corrected chi connectivity index (χ0v) is 17.0. The number of hydrazine groups is 1. The van der Waals surface area contributed by atoms with Crippen LogP contribution in [-0.2, 0) is 30.3 Å².